The van der Waals surface area contributed by atoms with Gasteiger partial charge in [0.2, 0.25) is 0 Å². The number of hydrogen-bond donors (Lipinski definition) is 4. The van der Waals surface area contributed by atoms with E-state index in [0.29, 0.717) is 23.7 Å². The molecular weight excluding hydrogens is 464 g/mol. The summed E-state index contributed by atoms with van der Waals surface area (Å²) in [7, 11) is 0. The second-order valence-corrected chi connectivity index (χ2v) is 9.76. The lowest BCUT2D eigenvalue weighted by molar-refractivity contribution is 0.0955. The van der Waals surface area contributed by atoms with Crippen molar-refractivity contribution in [2.75, 3.05) is 13.1 Å². The standard InChI is InChI=1S/C23H24BrClN4O/c1-23(2,3)27-9-8-26-22(30)20-16-6-4-14(24)12-18(16)29-21(20)19-11-13-10-15(25)5-7-17(13)28-19/h4-7,10-12,27-29H,8-9H2,1-3H3,(H,26,30). The molecule has 2 heterocycles. The number of carbonyl (C=O) groups excluding carboxylic acids is 1. The van der Waals surface area contributed by atoms with Crippen LogP contribution in [0.3, 0.4) is 0 Å². The predicted octanol–water partition coefficient (Wildman–Crippen LogP) is 5.85. The maximum Gasteiger partial charge on any atom is 0.254 e. The maximum atomic E-state index is 13.2. The van der Waals surface area contributed by atoms with E-state index in [0.717, 1.165) is 37.7 Å². The highest BCUT2D eigenvalue weighted by Crippen LogP contribution is 2.33. The Balaban J connectivity index is 1.72. The van der Waals surface area contributed by atoms with Crippen molar-refractivity contribution in [3.63, 3.8) is 0 Å². The highest BCUT2D eigenvalue weighted by Gasteiger charge is 2.21. The Labute approximate surface area is 188 Å². The van der Waals surface area contributed by atoms with Gasteiger partial charge in [0.1, 0.15) is 0 Å². The molecule has 0 radical (unpaired) electrons. The molecule has 0 bridgehead atoms. The lowest BCUT2D eigenvalue weighted by Gasteiger charge is -2.20. The molecule has 30 heavy (non-hydrogen) atoms. The van der Waals surface area contributed by atoms with Crippen LogP contribution < -0.4 is 10.6 Å². The summed E-state index contributed by atoms with van der Waals surface area (Å²) in [5, 5.41) is 9.00. The largest absolute Gasteiger partial charge is 0.353 e. The van der Waals surface area contributed by atoms with Crippen LogP contribution in [0, 0.1) is 0 Å². The molecule has 156 valence electrons. The zero-order chi connectivity index (χ0) is 21.5. The monoisotopic (exact) mass is 486 g/mol. The number of nitrogens with one attached hydrogen (secondary N) is 4. The van der Waals surface area contributed by atoms with Crippen molar-refractivity contribution in [3.05, 3.63) is 57.5 Å². The number of halogens is 2. The maximum absolute atomic E-state index is 13.2. The fourth-order valence-electron chi connectivity index (χ4n) is 3.55. The molecule has 2 aromatic heterocycles. The molecule has 7 heteroatoms. The van der Waals surface area contributed by atoms with E-state index in [4.69, 9.17) is 11.6 Å². The molecule has 0 saturated carbocycles. The smallest absolute Gasteiger partial charge is 0.254 e. The van der Waals surface area contributed by atoms with Gasteiger partial charge in [-0.2, -0.15) is 0 Å². The number of fused-ring (bicyclic) bond motifs is 2. The quantitative estimate of drug-likeness (QED) is 0.267. The van der Waals surface area contributed by atoms with Crippen LogP contribution in [-0.2, 0) is 0 Å². The van der Waals surface area contributed by atoms with Gasteiger partial charge in [-0.25, -0.2) is 0 Å². The molecule has 4 N–H and O–H groups in total. The normalized spacial score (nSPS) is 12.0. The molecule has 0 saturated heterocycles. The first kappa shape index (κ1) is 21.0. The van der Waals surface area contributed by atoms with E-state index >= 15 is 0 Å². The first-order valence-electron chi connectivity index (χ1n) is 9.84. The third-order valence-electron chi connectivity index (χ3n) is 4.91. The van der Waals surface area contributed by atoms with E-state index in [1.807, 2.05) is 42.5 Å². The number of rotatable bonds is 5. The number of aromatic amines is 2. The van der Waals surface area contributed by atoms with E-state index in [1.54, 1.807) is 0 Å². The fourth-order valence-corrected chi connectivity index (χ4v) is 4.09. The molecule has 0 aliphatic rings. The average Bonchev–Trinajstić information content (AvgIpc) is 3.24. The van der Waals surface area contributed by atoms with Crippen molar-refractivity contribution in [2.24, 2.45) is 0 Å². The molecule has 1 amide bonds. The Morgan fingerprint density at radius 2 is 1.83 bits per heavy atom. The van der Waals surface area contributed by atoms with Crippen LogP contribution in [0.1, 0.15) is 31.1 Å². The summed E-state index contributed by atoms with van der Waals surface area (Å²) in [5.41, 5.74) is 4.11. The topological polar surface area (TPSA) is 72.7 Å². The van der Waals surface area contributed by atoms with Gasteiger partial charge in [0.25, 0.3) is 5.91 Å². The number of H-pyrrole nitrogens is 2. The van der Waals surface area contributed by atoms with Crippen molar-refractivity contribution >= 4 is 55.2 Å². The van der Waals surface area contributed by atoms with E-state index in [9.17, 15) is 4.79 Å². The molecule has 0 aliphatic heterocycles. The van der Waals surface area contributed by atoms with Crippen molar-refractivity contribution < 1.29 is 4.79 Å². The summed E-state index contributed by atoms with van der Waals surface area (Å²) in [6, 6.07) is 13.6. The fraction of sp³-hybridized carbons (Fsp3) is 0.261. The molecule has 0 aliphatic carbocycles. The summed E-state index contributed by atoms with van der Waals surface area (Å²) in [6.45, 7) is 7.55. The predicted molar refractivity (Wildman–Crippen MR) is 128 cm³/mol. The van der Waals surface area contributed by atoms with E-state index in [2.05, 4.69) is 57.3 Å². The highest BCUT2D eigenvalue weighted by molar-refractivity contribution is 9.10. The Bertz CT molecular complexity index is 1240. The minimum Gasteiger partial charge on any atom is -0.353 e. The van der Waals surface area contributed by atoms with Gasteiger partial charge in [-0.15, -0.1) is 0 Å². The summed E-state index contributed by atoms with van der Waals surface area (Å²) in [4.78, 5) is 20.0. The van der Waals surface area contributed by atoms with Crippen LogP contribution in [0.25, 0.3) is 33.2 Å². The van der Waals surface area contributed by atoms with Gasteiger partial charge in [0, 0.05) is 49.9 Å². The zero-order valence-electron chi connectivity index (χ0n) is 17.1. The minimum absolute atomic E-state index is 0.00851. The highest BCUT2D eigenvalue weighted by atomic mass is 79.9. The molecule has 0 spiro atoms. The van der Waals surface area contributed by atoms with Gasteiger partial charge in [-0.3, -0.25) is 4.79 Å². The summed E-state index contributed by atoms with van der Waals surface area (Å²) in [6.07, 6.45) is 0. The minimum atomic E-state index is -0.106. The Morgan fingerprint density at radius 1 is 1.03 bits per heavy atom. The number of aromatic nitrogens is 2. The Kier molecular flexibility index (Phi) is 5.66. The van der Waals surface area contributed by atoms with Gasteiger partial charge in [0.05, 0.1) is 17.0 Å². The first-order chi connectivity index (χ1) is 14.2. The number of carbonyl (C=O) groups is 1. The molecule has 2 aromatic carbocycles. The summed E-state index contributed by atoms with van der Waals surface area (Å²) in [5.74, 6) is -0.106. The van der Waals surface area contributed by atoms with Crippen LogP contribution in [0.4, 0.5) is 0 Å². The molecule has 4 aromatic rings. The van der Waals surface area contributed by atoms with Crippen LogP contribution >= 0.6 is 27.5 Å². The lowest BCUT2D eigenvalue weighted by Crippen LogP contribution is -2.41. The van der Waals surface area contributed by atoms with Crippen molar-refractivity contribution in [1.29, 1.82) is 0 Å². The molecule has 0 atom stereocenters. The third-order valence-corrected chi connectivity index (χ3v) is 5.63. The number of amides is 1. The Morgan fingerprint density at radius 3 is 2.60 bits per heavy atom. The number of hydrogen-bond acceptors (Lipinski definition) is 2. The van der Waals surface area contributed by atoms with Crippen molar-refractivity contribution in [3.8, 4) is 11.4 Å². The van der Waals surface area contributed by atoms with Crippen molar-refractivity contribution in [2.45, 2.75) is 26.3 Å². The molecule has 5 nitrogen and oxygen atoms in total. The average molecular weight is 488 g/mol. The molecular formula is C23H24BrClN4O. The molecule has 0 unspecified atom stereocenters. The summed E-state index contributed by atoms with van der Waals surface area (Å²) >= 11 is 9.66. The van der Waals surface area contributed by atoms with Crippen LogP contribution in [-0.4, -0.2) is 34.5 Å². The second-order valence-electron chi connectivity index (χ2n) is 8.41. The van der Waals surface area contributed by atoms with Gasteiger partial charge >= 0.3 is 0 Å². The van der Waals surface area contributed by atoms with Gasteiger partial charge in [-0.1, -0.05) is 33.6 Å². The van der Waals surface area contributed by atoms with Crippen LogP contribution in [0.15, 0.2) is 46.9 Å². The Hall–Kier alpha value is -2.28. The van der Waals surface area contributed by atoms with Crippen LogP contribution in [0.5, 0.6) is 0 Å². The van der Waals surface area contributed by atoms with E-state index in [1.165, 1.54) is 0 Å². The molecule has 0 fully saturated rings. The summed E-state index contributed by atoms with van der Waals surface area (Å²) < 4.78 is 0.951. The van der Waals surface area contributed by atoms with Crippen molar-refractivity contribution in [1.82, 2.24) is 20.6 Å². The molecule has 4 rings (SSSR count). The SMILES string of the molecule is CC(C)(C)NCCNC(=O)c1c(-c2cc3cc(Cl)ccc3[nH]2)[nH]c2cc(Br)ccc12. The van der Waals surface area contributed by atoms with Gasteiger partial charge in [-0.05, 0) is 57.2 Å². The lowest BCUT2D eigenvalue weighted by atomic mass is 10.1. The zero-order valence-corrected chi connectivity index (χ0v) is 19.5. The van der Waals surface area contributed by atoms with Gasteiger partial charge < -0.3 is 20.6 Å². The van der Waals surface area contributed by atoms with Crippen LogP contribution in [0.2, 0.25) is 5.02 Å². The van der Waals surface area contributed by atoms with Gasteiger partial charge in [0.15, 0.2) is 0 Å². The van der Waals surface area contributed by atoms with E-state index in [-0.39, 0.29) is 11.4 Å². The van der Waals surface area contributed by atoms with E-state index < -0.39 is 0 Å². The number of benzene rings is 2. The second kappa shape index (κ2) is 8.10. The first-order valence-corrected chi connectivity index (χ1v) is 11.0. The third kappa shape index (κ3) is 4.41.